The van der Waals surface area contributed by atoms with Gasteiger partial charge in [0.25, 0.3) is 0 Å². The van der Waals surface area contributed by atoms with Crippen molar-refractivity contribution in [2.24, 2.45) is 11.3 Å². The highest BCUT2D eigenvalue weighted by Gasteiger charge is 2.35. The molecular weight excluding hydrogens is 178 g/mol. The van der Waals surface area contributed by atoms with Gasteiger partial charge in [-0.15, -0.1) is 0 Å². The molecule has 1 saturated carbocycles. The fraction of sp³-hybridized carbons (Fsp3) is 0.909. The lowest BCUT2D eigenvalue weighted by Crippen LogP contribution is -2.31. The molecule has 0 heterocycles. The van der Waals surface area contributed by atoms with Crippen molar-refractivity contribution in [3.63, 3.8) is 0 Å². The molecule has 0 bridgehead atoms. The predicted molar refractivity (Wildman–Crippen MR) is 53.4 cm³/mol. The van der Waals surface area contributed by atoms with Gasteiger partial charge in [0.15, 0.2) is 0 Å². The van der Waals surface area contributed by atoms with Gasteiger partial charge in [0.05, 0.1) is 24.2 Å². The van der Waals surface area contributed by atoms with E-state index in [9.17, 15) is 5.11 Å². The number of nitrogens with zero attached hydrogens (tertiary/aromatic N) is 1. The molecule has 1 aliphatic rings. The number of hydrogen-bond donors (Lipinski definition) is 2. The van der Waals surface area contributed by atoms with E-state index >= 15 is 0 Å². The standard InChI is InChI=1S/C11H19NO2/c1-9-2-4-11(8-12,5-3-9)6-10(14)7-13/h9-10,13-14H,2-7H2,1H3. The Labute approximate surface area is 85.4 Å². The van der Waals surface area contributed by atoms with Gasteiger partial charge in [0, 0.05) is 0 Å². The molecule has 0 aromatic rings. The molecule has 1 unspecified atom stereocenters. The highest BCUT2D eigenvalue weighted by Crippen LogP contribution is 2.41. The van der Waals surface area contributed by atoms with Crippen LogP contribution in [0, 0.1) is 22.7 Å². The molecule has 0 aromatic carbocycles. The monoisotopic (exact) mass is 197 g/mol. The number of hydrogen-bond acceptors (Lipinski definition) is 3. The minimum absolute atomic E-state index is 0.237. The van der Waals surface area contributed by atoms with E-state index in [1.165, 1.54) is 0 Å². The lowest BCUT2D eigenvalue weighted by Gasteiger charge is -2.34. The van der Waals surface area contributed by atoms with Crippen molar-refractivity contribution in [1.29, 1.82) is 5.26 Å². The van der Waals surface area contributed by atoms with Gasteiger partial charge in [-0.2, -0.15) is 5.26 Å². The topological polar surface area (TPSA) is 64.2 Å². The lowest BCUT2D eigenvalue weighted by atomic mass is 9.69. The summed E-state index contributed by atoms with van der Waals surface area (Å²) in [5, 5.41) is 27.3. The van der Waals surface area contributed by atoms with Crippen molar-refractivity contribution in [2.75, 3.05) is 6.61 Å². The molecule has 1 aliphatic carbocycles. The Hall–Kier alpha value is -0.590. The SMILES string of the molecule is CC1CCC(C#N)(CC(O)CO)CC1. The molecule has 14 heavy (non-hydrogen) atoms. The summed E-state index contributed by atoms with van der Waals surface area (Å²) in [5.41, 5.74) is -0.380. The third kappa shape index (κ3) is 2.70. The molecule has 0 spiro atoms. The zero-order valence-electron chi connectivity index (χ0n) is 8.74. The Morgan fingerprint density at radius 1 is 1.50 bits per heavy atom. The Morgan fingerprint density at radius 2 is 2.07 bits per heavy atom. The maximum Gasteiger partial charge on any atom is 0.0786 e. The Kier molecular flexibility index (Phi) is 3.91. The largest absolute Gasteiger partial charge is 0.394 e. The first-order valence-corrected chi connectivity index (χ1v) is 5.32. The lowest BCUT2D eigenvalue weighted by molar-refractivity contribution is 0.0468. The number of aliphatic hydroxyl groups excluding tert-OH is 2. The van der Waals surface area contributed by atoms with Crippen LogP contribution in [0.15, 0.2) is 0 Å². The van der Waals surface area contributed by atoms with Crippen molar-refractivity contribution >= 4 is 0 Å². The van der Waals surface area contributed by atoms with Crippen LogP contribution in [0.25, 0.3) is 0 Å². The second kappa shape index (κ2) is 4.77. The fourth-order valence-electron chi connectivity index (χ4n) is 2.19. The summed E-state index contributed by atoms with van der Waals surface area (Å²) >= 11 is 0. The number of rotatable bonds is 3. The van der Waals surface area contributed by atoms with Crippen LogP contribution in [-0.2, 0) is 0 Å². The van der Waals surface area contributed by atoms with Crippen LogP contribution in [0.1, 0.15) is 39.0 Å². The van der Waals surface area contributed by atoms with Crippen molar-refractivity contribution in [3.8, 4) is 6.07 Å². The summed E-state index contributed by atoms with van der Waals surface area (Å²) in [6, 6.07) is 2.33. The van der Waals surface area contributed by atoms with Gasteiger partial charge in [-0.1, -0.05) is 6.92 Å². The second-order valence-electron chi connectivity index (χ2n) is 4.62. The molecule has 80 valence electrons. The molecule has 0 aromatic heterocycles. The van der Waals surface area contributed by atoms with Gasteiger partial charge in [-0.3, -0.25) is 0 Å². The molecule has 1 rings (SSSR count). The van der Waals surface area contributed by atoms with Crippen LogP contribution in [0.4, 0.5) is 0 Å². The minimum atomic E-state index is -0.733. The zero-order valence-corrected chi connectivity index (χ0v) is 8.74. The Bertz CT molecular complexity index is 214. The van der Waals surface area contributed by atoms with E-state index in [1.807, 2.05) is 0 Å². The van der Waals surface area contributed by atoms with Crippen LogP contribution >= 0.6 is 0 Å². The fourth-order valence-corrected chi connectivity index (χ4v) is 2.19. The summed E-state index contributed by atoms with van der Waals surface area (Å²) in [5.74, 6) is 0.697. The maximum absolute atomic E-state index is 9.37. The molecule has 3 nitrogen and oxygen atoms in total. The molecule has 0 radical (unpaired) electrons. The first-order valence-electron chi connectivity index (χ1n) is 5.32. The summed E-state index contributed by atoms with van der Waals surface area (Å²) in [6.45, 7) is 1.96. The van der Waals surface area contributed by atoms with E-state index < -0.39 is 6.10 Å². The van der Waals surface area contributed by atoms with Crippen LogP contribution in [0.5, 0.6) is 0 Å². The number of nitriles is 1. The maximum atomic E-state index is 9.37. The summed E-state index contributed by atoms with van der Waals surface area (Å²) < 4.78 is 0. The average molecular weight is 197 g/mol. The van der Waals surface area contributed by atoms with E-state index in [2.05, 4.69) is 13.0 Å². The molecule has 0 aliphatic heterocycles. The van der Waals surface area contributed by atoms with Crippen molar-refractivity contribution < 1.29 is 10.2 Å². The van der Waals surface area contributed by atoms with Crippen molar-refractivity contribution in [2.45, 2.75) is 45.1 Å². The molecular formula is C11H19NO2. The zero-order chi connectivity index (χ0) is 10.6. The van der Waals surface area contributed by atoms with Gasteiger partial charge < -0.3 is 10.2 Å². The predicted octanol–water partition coefficient (Wildman–Crippen LogP) is 1.45. The molecule has 3 heteroatoms. The normalized spacial score (nSPS) is 34.9. The van der Waals surface area contributed by atoms with Gasteiger partial charge in [0.1, 0.15) is 0 Å². The van der Waals surface area contributed by atoms with E-state index in [1.54, 1.807) is 0 Å². The molecule has 1 fully saturated rings. The summed E-state index contributed by atoms with van der Waals surface area (Å²) in [7, 11) is 0. The van der Waals surface area contributed by atoms with E-state index in [4.69, 9.17) is 10.4 Å². The Balaban J connectivity index is 2.55. The minimum Gasteiger partial charge on any atom is -0.394 e. The summed E-state index contributed by atoms with van der Waals surface area (Å²) in [4.78, 5) is 0. The molecule has 0 saturated heterocycles. The molecule has 0 amide bonds. The first kappa shape index (κ1) is 11.5. The van der Waals surface area contributed by atoms with E-state index in [0.717, 1.165) is 25.7 Å². The highest BCUT2D eigenvalue weighted by atomic mass is 16.3. The quantitative estimate of drug-likeness (QED) is 0.719. The van der Waals surface area contributed by atoms with Crippen molar-refractivity contribution in [3.05, 3.63) is 0 Å². The average Bonchev–Trinajstić information content (AvgIpc) is 2.22. The third-order valence-electron chi connectivity index (χ3n) is 3.31. The van der Waals surface area contributed by atoms with Gasteiger partial charge in [-0.25, -0.2) is 0 Å². The van der Waals surface area contributed by atoms with Crippen LogP contribution in [-0.4, -0.2) is 22.9 Å². The smallest absolute Gasteiger partial charge is 0.0786 e. The second-order valence-corrected chi connectivity index (χ2v) is 4.62. The van der Waals surface area contributed by atoms with E-state index in [0.29, 0.717) is 12.3 Å². The van der Waals surface area contributed by atoms with Crippen molar-refractivity contribution in [1.82, 2.24) is 0 Å². The van der Waals surface area contributed by atoms with E-state index in [-0.39, 0.29) is 12.0 Å². The van der Waals surface area contributed by atoms with Crippen LogP contribution < -0.4 is 0 Å². The third-order valence-corrected chi connectivity index (χ3v) is 3.31. The van der Waals surface area contributed by atoms with Crippen LogP contribution in [0.2, 0.25) is 0 Å². The van der Waals surface area contributed by atoms with Gasteiger partial charge in [-0.05, 0) is 38.0 Å². The molecule has 1 atom stereocenters. The first-order chi connectivity index (χ1) is 6.62. The van der Waals surface area contributed by atoms with Gasteiger partial charge >= 0.3 is 0 Å². The summed E-state index contributed by atoms with van der Waals surface area (Å²) in [6.07, 6.45) is 3.54. The molecule has 2 N–H and O–H groups in total. The van der Waals surface area contributed by atoms with Crippen LogP contribution in [0.3, 0.4) is 0 Å². The number of aliphatic hydroxyl groups is 2. The highest BCUT2D eigenvalue weighted by molar-refractivity contribution is 5.02. The Morgan fingerprint density at radius 3 is 2.50 bits per heavy atom. The van der Waals surface area contributed by atoms with Gasteiger partial charge in [0.2, 0.25) is 0 Å².